The average Bonchev–Trinajstić information content (AvgIpc) is 2.18. The summed E-state index contributed by atoms with van der Waals surface area (Å²) in [6.45, 7) is 5.81. The molecule has 15 heavy (non-hydrogen) atoms. The molecule has 1 atom stereocenters. The Kier molecular flexibility index (Phi) is 4.85. The van der Waals surface area contributed by atoms with Gasteiger partial charge in [0, 0.05) is 19.6 Å². The molecule has 0 radical (unpaired) electrons. The first-order valence-corrected chi connectivity index (χ1v) is 5.76. The number of amides is 2. The number of halogens is 1. The topological polar surface area (TPSA) is 32.3 Å². The maximum absolute atomic E-state index is 12.5. The third-order valence-corrected chi connectivity index (χ3v) is 2.89. The highest BCUT2D eigenvalue weighted by atomic mass is 19.1. The van der Waals surface area contributed by atoms with E-state index in [1.165, 1.54) is 6.92 Å². The molecule has 1 heterocycles. The number of nitrogens with zero attached hydrogens (tertiary/aromatic N) is 1. The summed E-state index contributed by atoms with van der Waals surface area (Å²) in [5.74, 6) is 0.722. The fourth-order valence-electron chi connectivity index (χ4n) is 1.70. The van der Waals surface area contributed by atoms with E-state index in [0.29, 0.717) is 13.0 Å². The van der Waals surface area contributed by atoms with Gasteiger partial charge in [0.2, 0.25) is 0 Å². The Balaban J connectivity index is 2.17. The van der Waals surface area contributed by atoms with Gasteiger partial charge in [-0.2, -0.15) is 0 Å². The van der Waals surface area contributed by atoms with Crippen molar-refractivity contribution in [3.8, 4) is 0 Å². The zero-order valence-electron chi connectivity index (χ0n) is 9.63. The lowest BCUT2D eigenvalue weighted by atomic mass is 10.00. The molecule has 1 aliphatic heterocycles. The molecule has 4 heteroatoms. The van der Waals surface area contributed by atoms with Crippen LogP contribution in [0.15, 0.2) is 0 Å². The van der Waals surface area contributed by atoms with Crippen LogP contribution in [0.5, 0.6) is 0 Å². The molecular weight excluding hydrogens is 195 g/mol. The molecule has 88 valence electrons. The maximum Gasteiger partial charge on any atom is 0.317 e. The molecule has 1 aliphatic rings. The molecule has 0 aliphatic carbocycles. The quantitative estimate of drug-likeness (QED) is 0.770. The number of carbonyl (C=O) groups is 1. The highest BCUT2D eigenvalue weighted by Gasteiger charge is 2.19. The van der Waals surface area contributed by atoms with Crippen LogP contribution in [0.2, 0.25) is 0 Å². The zero-order chi connectivity index (χ0) is 11.3. The van der Waals surface area contributed by atoms with E-state index < -0.39 is 6.17 Å². The van der Waals surface area contributed by atoms with Gasteiger partial charge in [-0.15, -0.1) is 0 Å². The second-order valence-corrected chi connectivity index (χ2v) is 4.47. The van der Waals surface area contributed by atoms with Gasteiger partial charge in [0.25, 0.3) is 0 Å². The molecule has 0 spiro atoms. The van der Waals surface area contributed by atoms with Gasteiger partial charge >= 0.3 is 6.03 Å². The molecule has 0 bridgehead atoms. The zero-order valence-corrected chi connectivity index (χ0v) is 9.63. The van der Waals surface area contributed by atoms with E-state index in [2.05, 4.69) is 12.2 Å². The van der Waals surface area contributed by atoms with Gasteiger partial charge in [-0.3, -0.25) is 0 Å². The number of urea groups is 1. The predicted octanol–water partition coefficient (Wildman–Crippen LogP) is 2.18. The number of carbonyl (C=O) groups excluding carboxylic acids is 1. The minimum absolute atomic E-state index is 0.0393. The Morgan fingerprint density at radius 2 is 2.13 bits per heavy atom. The summed E-state index contributed by atoms with van der Waals surface area (Å²) < 4.78 is 12.5. The lowest BCUT2D eigenvalue weighted by Gasteiger charge is -2.30. The highest BCUT2D eigenvalue weighted by molar-refractivity contribution is 5.74. The lowest BCUT2D eigenvalue weighted by Crippen LogP contribution is -2.44. The number of alkyl halides is 1. The molecular formula is C11H21FN2O. The third-order valence-electron chi connectivity index (χ3n) is 2.89. The fourth-order valence-corrected chi connectivity index (χ4v) is 1.70. The van der Waals surface area contributed by atoms with E-state index in [-0.39, 0.29) is 6.03 Å². The van der Waals surface area contributed by atoms with Crippen molar-refractivity contribution in [2.75, 3.05) is 19.6 Å². The first-order chi connectivity index (χ1) is 7.09. The van der Waals surface area contributed by atoms with Gasteiger partial charge in [-0.05, 0) is 32.1 Å². The maximum atomic E-state index is 12.5. The van der Waals surface area contributed by atoms with Crippen molar-refractivity contribution in [2.45, 2.75) is 39.3 Å². The van der Waals surface area contributed by atoms with Crippen molar-refractivity contribution >= 4 is 6.03 Å². The minimum atomic E-state index is -0.841. The number of hydrogen-bond donors (Lipinski definition) is 1. The van der Waals surface area contributed by atoms with Crippen molar-refractivity contribution in [2.24, 2.45) is 5.92 Å². The Hall–Kier alpha value is -0.800. The summed E-state index contributed by atoms with van der Waals surface area (Å²) in [7, 11) is 0. The van der Waals surface area contributed by atoms with Crippen LogP contribution < -0.4 is 5.32 Å². The Bertz CT molecular complexity index is 201. The Morgan fingerprint density at radius 1 is 1.53 bits per heavy atom. The molecule has 1 fully saturated rings. The number of rotatable bonds is 3. The molecule has 2 amide bonds. The predicted molar refractivity (Wildman–Crippen MR) is 58.6 cm³/mol. The molecule has 1 saturated heterocycles. The van der Waals surface area contributed by atoms with Gasteiger partial charge < -0.3 is 10.2 Å². The summed E-state index contributed by atoms with van der Waals surface area (Å²) >= 11 is 0. The van der Waals surface area contributed by atoms with Crippen LogP contribution in [0.4, 0.5) is 9.18 Å². The van der Waals surface area contributed by atoms with Crippen molar-refractivity contribution in [3.63, 3.8) is 0 Å². The third kappa shape index (κ3) is 4.49. The van der Waals surface area contributed by atoms with E-state index in [1.807, 2.05) is 4.90 Å². The molecule has 0 saturated carbocycles. The van der Waals surface area contributed by atoms with E-state index in [0.717, 1.165) is 31.8 Å². The van der Waals surface area contributed by atoms with Crippen LogP contribution >= 0.6 is 0 Å². The van der Waals surface area contributed by atoms with Crippen LogP contribution in [0.3, 0.4) is 0 Å². The first-order valence-electron chi connectivity index (χ1n) is 5.76. The van der Waals surface area contributed by atoms with E-state index in [4.69, 9.17) is 0 Å². The summed E-state index contributed by atoms with van der Waals surface area (Å²) in [5.41, 5.74) is 0. The van der Waals surface area contributed by atoms with Crippen molar-refractivity contribution in [1.29, 1.82) is 0 Å². The average molecular weight is 216 g/mol. The Labute approximate surface area is 91.0 Å². The second kappa shape index (κ2) is 5.93. The normalized spacial score (nSPS) is 20.1. The summed E-state index contributed by atoms with van der Waals surface area (Å²) in [5, 5.41) is 2.75. The van der Waals surface area contributed by atoms with Gasteiger partial charge in [0.15, 0.2) is 0 Å². The molecule has 3 nitrogen and oxygen atoms in total. The SMILES string of the molecule is CC1CCN(C(=O)NCC[C@@H](C)F)CC1. The molecule has 0 aromatic heterocycles. The van der Waals surface area contributed by atoms with Crippen molar-refractivity contribution in [3.05, 3.63) is 0 Å². The molecule has 0 aromatic rings. The number of likely N-dealkylation sites (tertiary alicyclic amines) is 1. The van der Waals surface area contributed by atoms with E-state index in [1.54, 1.807) is 0 Å². The van der Waals surface area contributed by atoms with E-state index >= 15 is 0 Å². The fraction of sp³-hybridized carbons (Fsp3) is 0.909. The second-order valence-electron chi connectivity index (χ2n) is 4.47. The number of piperidine rings is 1. The monoisotopic (exact) mass is 216 g/mol. The summed E-state index contributed by atoms with van der Waals surface area (Å²) in [6.07, 6.45) is 1.71. The van der Waals surface area contributed by atoms with Gasteiger partial charge in [-0.1, -0.05) is 6.92 Å². The van der Waals surface area contributed by atoms with Crippen LogP contribution in [0.1, 0.15) is 33.1 Å². The highest BCUT2D eigenvalue weighted by Crippen LogP contribution is 2.15. The van der Waals surface area contributed by atoms with Crippen LogP contribution in [-0.4, -0.2) is 36.7 Å². The smallest absolute Gasteiger partial charge is 0.317 e. The molecule has 0 unspecified atom stereocenters. The van der Waals surface area contributed by atoms with Crippen LogP contribution in [-0.2, 0) is 0 Å². The summed E-state index contributed by atoms with van der Waals surface area (Å²) in [4.78, 5) is 13.4. The lowest BCUT2D eigenvalue weighted by molar-refractivity contribution is 0.173. The Morgan fingerprint density at radius 3 is 2.67 bits per heavy atom. The van der Waals surface area contributed by atoms with Gasteiger partial charge in [0.1, 0.15) is 0 Å². The van der Waals surface area contributed by atoms with Crippen molar-refractivity contribution < 1.29 is 9.18 Å². The van der Waals surface area contributed by atoms with Crippen LogP contribution in [0, 0.1) is 5.92 Å². The van der Waals surface area contributed by atoms with Gasteiger partial charge in [0.05, 0.1) is 6.17 Å². The molecule has 0 aromatic carbocycles. The van der Waals surface area contributed by atoms with Crippen molar-refractivity contribution in [1.82, 2.24) is 10.2 Å². The van der Waals surface area contributed by atoms with Crippen LogP contribution in [0.25, 0.3) is 0 Å². The molecule has 1 N–H and O–H groups in total. The minimum Gasteiger partial charge on any atom is -0.338 e. The number of hydrogen-bond acceptors (Lipinski definition) is 1. The standard InChI is InChI=1S/C11H21FN2O/c1-9-4-7-14(8-5-9)11(15)13-6-3-10(2)12/h9-10H,3-8H2,1-2H3,(H,13,15)/t10-/m1/s1. The molecule has 1 rings (SSSR count). The van der Waals surface area contributed by atoms with Gasteiger partial charge in [-0.25, -0.2) is 9.18 Å². The first kappa shape index (κ1) is 12.3. The number of nitrogens with one attached hydrogen (secondary N) is 1. The summed E-state index contributed by atoms with van der Waals surface area (Å²) in [6, 6.07) is -0.0393. The largest absolute Gasteiger partial charge is 0.338 e. The van der Waals surface area contributed by atoms with E-state index in [9.17, 15) is 9.18 Å².